The van der Waals surface area contributed by atoms with Crippen molar-refractivity contribution < 1.29 is 4.79 Å². The third-order valence-corrected chi connectivity index (χ3v) is 1.83. The molecule has 0 aromatic carbocycles. The highest BCUT2D eigenvalue weighted by molar-refractivity contribution is 6.19. The van der Waals surface area contributed by atoms with Crippen molar-refractivity contribution >= 4 is 23.3 Å². The minimum Gasteiger partial charge on any atom is -0.310 e. The van der Waals surface area contributed by atoms with Crippen LogP contribution in [0.5, 0.6) is 0 Å². The number of aryl methyl sites for hydroxylation is 1. The SMILES string of the molecule is Cn1ncc(C#N)c1NC(=O)CCCl. The van der Waals surface area contributed by atoms with Crippen LogP contribution in [0.1, 0.15) is 12.0 Å². The summed E-state index contributed by atoms with van der Waals surface area (Å²) in [6, 6.07) is 1.93. The van der Waals surface area contributed by atoms with Crippen molar-refractivity contribution in [3.63, 3.8) is 0 Å². The number of anilines is 1. The van der Waals surface area contributed by atoms with Crippen LogP contribution in [0.2, 0.25) is 0 Å². The summed E-state index contributed by atoms with van der Waals surface area (Å²) in [5.74, 6) is 0.439. The lowest BCUT2D eigenvalue weighted by atomic mass is 10.3. The molecule has 0 aliphatic carbocycles. The molecule has 14 heavy (non-hydrogen) atoms. The second-order valence-corrected chi connectivity index (χ2v) is 3.01. The molecule has 0 spiro atoms. The van der Waals surface area contributed by atoms with Gasteiger partial charge in [0.05, 0.1) is 6.20 Å². The Labute approximate surface area is 86.3 Å². The second-order valence-electron chi connectivity index (χ2n) is 2.63. The van der Waals surface area contributed by atoms with E-state index in [1.807, 2.05) is 6.07 Å². The van der Waals surface area contributed by atoms with E-state index in [0.717, 1.165) is 0 Å². The van der Waals surface area contributed by atoms with Crippen molar-refractivity contribution in [2.75, 3.05) is 11.2 Å². The van der Waals surface area contributed by atoms with Crippen molar-refractivity contribution in [1.82, 2.24) is 9.78 Å². The first-order chi connectivity index (χ1) is 6.69. The van der Waals surface area contributed by atoms with Crippen LogP contribution in [-0.2, 0) is 11.8 Å². The third-order valence-electron chi connectivity index (χ3n) is 1.64. The zero-order valence-electron chi connectivity index (χ0n) is 7.62. The number of hydrogen-bond acceptors (Lipinski definition) is 3. The first kappa shape index (κ1) is 10.5. The molecule has 0 radical (unpaired) electrons. The standard InChI is InChI=1S/C8H9ClN4O/c1-13-8(6(4-10)5-11-13)12-7(14)2-3-9/h5H,2-3H2,1H3,(H,12,14). The predicted molar refractivity (Wildman–Crippen MR) is 51.9 cm³/mol. The average Bonchev–Trinajstić information content (AvgIpc) is 2.48. The van der Waals surface area contributed by atoms with Crippen molar-refractivity contribution in [3.05, 3.63) is 11.8 Å². The van der Waals surface area contributed by atoms with Gasteiger partial charge in [0.2, 0.25) is 5.91 Å². The maximum Gasteiger partial charge on any atom is 0.226 e. The minimum absolute atomic E-state index is 0.220. The van der Waals surface area contributed by atoms with E-state index in [9.17, 15) is 4.79 Å². The quantitative estimate of drug-likeness (QED) is 0.756. The normalized spacial score (nSPS) is 9.50. The summed E-state index contributed by atoms with van der Waals surface area (Å²) in [6.07, 6.45) is 1.62. The van der Waals surface area contributed by atoms with Gasteiger partial charge in [-0.1, -0.05) is 0 Å². The summed E-state index contributed by atoms with van der Waals surface area (Å²) >= 11 is 5.40. The fourth-order valence-corrected chi connectivity index (χ4v) is 1.12. The largest absolute Gasteiger partial charge is 0.310 e. The van der Waals surface area contributed by atoms with E-state index in [0.29, 0.717) is 11.4 Å². The van der Waals surface area contributed by atoms with Crippen LogP contribution in [-0.4, -0.2) is 21.6 Å². The van der Waals surface area contributed by atoms with Crippen LogP contribution in [0.15, 0.2) is 6.20 Å². The maximum atomic E-state index is 11.2. The average molecular weight is 213 g/mol. The van der Waals surface area contributed by atoms with Gasteiger partial charge in [0.1, 0.15) is 17.5 Å². The molecule has 0 aliphatic heterocycles. The molecule has 0 aliphatic rings. The van der Waals surface area contributed by atoms with Crippen LogP contribution in [0, 0.1) is 11.3 Å². The Bertz CT molecular complexity index is 379. The van der Waals surface area contributed by atoms with Gasteiger partial charge in [0.25, 0.3) is 0 Å². The van der Waals surface area contributed by atoms with E-state index in [2.05, 4.69) is 10.4 Å². The van der Waals surface area contributed by atoms with Crippen molar-refractivity contribution in [3.8, 4) is 6.07 Å². The molecule has 1 amide bonds. The van der Waals surface area contributed by atoms with Gasteiger partial charge in [-0.25, -0.2) is 0 Å². The summed E-state index contributed by atoms with van der Waals surface area (Å²) in [6.45, 7) is 0. The number of nitrogens with zero attached hydrogens (tertiary/aromatic N) is 3. The Morgan fingerprint density at radius 1 is 1.86 bits per heavy atom. The molecule has 1 rings (SSSR count). The highest BCUT2D eigenvalue weighted by Crippen LogP contribution is 2.12. The maximum absolute atomic E-state index is 11.2. The molecule has 0 bridgehead atoms. The highest BCUT2D eigenvalue weighted by atomic mass is 35.5. The summed E-state index contributed by atoms with van der Waals surface area (Å²) in [5, 5.41) is 15.1. The number of carbonyl (C=O) groups excluding carboxylic acids is 1. The van der Waals surface area contributed by atoms with Crippen molar-refractivity contribution in [1.29, 1.82) is 5.26 Å². The lowest BCUT2D eigenvalue weighted by Gasteiger charge is -2.03. The molecule has 1 N–H and O–H groups in total. The Morgan fingerprint density at radius 3 is 3.14 bits per heavy atom. The van der Waals surface area contributed by atoms with E-state index in [4.69, 9.17) is 16.9 Å². The molecule has 0 atom stereocenters. The molecule has 1 aromatic rings. The number of aromatic nitrogens is 2. The molecule has 0 saturated carbocycles. The monoisotopic (exact) mass is 212 g/mol. The van der Waals surface area contributed by atoms with Gasteiger partial charge in [-0.3, -0.25) is 9.48 Å². The van der Waals surface area contributed by atoms with Gasteiger partial charge in [-0.15, -0.1) is 11.6 Å². The minimum atomic E-state index is -0.222. The smallest absolute Gasteiger partial charge is 0.226 e. The number of hydrogen-bond donors (Lipinski definition) is 1. The van der Waals surface area contributed by atoms with Crippen molar-refractivity contribution in [2.45, 2.75) is 6.42 Å². The topological polar surface area (TPSA) is 70.7 Å². The van der Waals surface area contributed by atoms with Gasteiger partial charge in [-0.05, 0) is 0 Å². The Kier molecular flexibility index (Phi) is 3.48. The number of alkyl halides is 1. The van der Waals surface area contributed by atoms with Crippen LogP contribution in [0.25, 0.3) is 0 Å². The van der Waals surface area contributed by atoms with E-state index in [-0.39, 0.29) is 18.2 Å². The molecule has 0 unspecified atom stereocenters. The Morgan fingerprint density at radius 2 is 2.57 bits per heavy atom. The second kappa shape index (κ2) is 4.63. The first-order valence-electron chi connectivity index (χ1n) is 3.97. The Balaban J connectivity index is 2.80. The molecule has 0 saturated heterocycles. The number of nitrogens with one attached hydrogen (secondary N) is 1. The van der Waals surface area contributed by atoms with Gasteiger partial charge in [0.15, 0.2) is 0 Å². The van der Waals surface area contributed by atoms with Crippen LogP contribution in [0.4, 0.5) is 5.82 Å². The number of amides is 1. The lowest BCUT2D eigenvalue weighted by Crippen LogP contribution is -2.15. The molecular weight excluding hydrogens is 204 g/mol. The summed E-state index contributed by atoms with van der Waals surface area (Å²) in [5.41, 5.74) is 0.343. The van der Waals surface area contributed by atoms with Crippen LogP contribution < -0.4 is 5.32 Å². The molecule has 74 valence electrons. The number of carbonyl (C=O) groups is 1. The molecule has 5 nitrogen and oxygen atoms in total. The lowest BCUT2D eigenvalue weighted by molar-refractivity contribution is -0.115. The summed E-state index contributed by atoms with van der Waals surface area (Å²) < 4.78 is 1.44. The van der Waals surface area contributed by atoms with Gasteiger partial charge >= 0.3 is 0 Å². The van der Waals surface area contributed by atoms with E-state index in [1.54, 1.807) is 7.05 Å². The molecule has 0 fully saturated rings. The van der Waals surface area contributed by atoms with E-state index >= 15 is 0 Å². The zero-order valence-corrected chi connectivity index (χ0v) is 8.38. The number of nitriles is 1. The van der Waals surface area contributed by atoms with Crippen LogP contribution in [0.3, 0.4) is 0 Å². The molecule has 1 aromatic heterocycles. The molecular formula is C8H9ClN4O. The first-order valence-corrected chi connectivity index (χ1v) is 4.50. The van der Waals surface area contributed by atoms with Crippen molar-refractivity contribution in [2.24, 2.45) is 7.05 Å². The van der Waals surface area contributed by atoms with Gasteiger partial charge < -0.3 is 5.32 Å². The molecule has 1 heterocycles. The summed E-state index contributed by atoms with van der Waals surface area (Å²) in [7, 11) is 1.65. The fraction of sp³-hybridized carbons (Fsp3) is 0.375. The van der Waals surface area contributed by atoms with E-state index in [1.165, 1.54) is 10.9 Å². The number of rotatable bonds is 3. The molecule has 6 heteroatoms. The van der Waals surface area contributed by atoms with Gasteiger partial charge in [-0.2, -0.15) is 10.4 Å². The summed E-state index contributed by atoms with van der Waals surface area (Å²) in [4.78, 5) is 11.2. The number of halogens is 1. The zero-order chi connectivity index (χ0) is 10.6. The third kappa shape index (κ3) is 2.24. The van der Waals surface area contributed by atoms with E-state index < -0.39 is 0 Å². The highest BCUT2D eigenvalue weighted by Gasteiger charge is 2.10. The van der Waals surface area contributed by atoms with Gasteiger partial charge in [0, 0.05) is 19.3 Å². The van der Waals surface area contributed by atoms with Crippen LogP contribution >= 0.6 is 11.6 Å². The predicted octanol–water partition coefficient (Wildman–Crippen LogP) is 0.859. The Hall–Kier alpha value is -1.54. The fourth-order valence-electron chi connectivity index (χ4n) is 0.948.